The van der Waals surface area contributed by atoms with Gasteiger partial charge in [0.1, 0.15) is 56.9 Å². The van der Waals surface area contributed by atoms with Crippen molar-refractivity contribution < 1.29 is 56.2 Å². The van der Waals surface area contributed by atoms with Crippen LogP contribution in [0.15, 0.2) is 105 Å². The second-order valence-electron chi connectivity index (χ2n) is 50.9. The molecular weight excluding hydrogens is 1730 g/mol. The van der Waals surface area contributed by atoms with Crippen LogP contribution in [0.1, 0.15) is 401 Å². The molecule has 0 unspecified atom stereocenters. The van der Waals surface area contributed by atoms with Crippen LogP contribution in [0, 0.1) is 27.7 Å². The van der Waals surface area contributed by atoms with Crippen molar-refractivity contribution in [3.63, 3.8) is 0 Å². The number of aryl methyl sites for hydroxylation is 4. The summed E-state index contributed by atoms with van der Waals surface area (Å²) in [5.74, 6) is 2.61. The zero-order valence-electron chi connectivity index (χ0n) is 91.4. The third-order valence-electron chi connectivity index (χ3n) is 23.6. The van der Waals surface area contributed by atoms with Gasteiger partial charge in [0.2, 0.25) is 0 Å². The first kappa shape index (κ1) is 114. The second kappa shape index (κ2) is 41.2. The molecule has 0 atom stereocenters. The fourth-order valence-electron chi connectivity index (χ4n) is 15.8. The van der Waals surface area contributed by atoms with Crippen molar-refractivity contribution in [2.24, 2.45) is 0 Å². The Hall–Kier alpha value is -7.63. The highest BCUT2D eigenvalue weighted by atomic mass is 35.9. The molecule has 17 heteroatoms. The van der Waals surface area contributed by atoms with Crippen LogP contribution >= 0.6 is 37.6 Å². The monoisotopic (exact) mass is 1900 g/mol. The van der Waals surface area contributed by atoms with Gasteiger partial charge in [0.15, 0.2) is 0 Å². The van der Waals surface area contributed by atoms with Crippen molar-refractivity contribution in [3.8, 4) is 67.9 Å². The van der Waals surface area contributed by atoms with Crippen molar-refractivity contribution in [2.75, 3.05) is 19.6 Å². The fraction of sp³-hybridized carbons (Fsp3) is 0.569. The number of phenolic OH excluding ortho intramolecular Hbond substituents is 2. The quantitative estimate of drug-likeness (QED) is 0.0677. The predicted molar refractivity (Wildman–Crippen MR) is 571 cm³/mol. The van der Waals surface area contributed by atoms with Crippen LogP contribution in [-0.2, 0) is 74.5 Å². The molecule has 13 nitrogen and oxygen atoms in total. The number of nitrogens with zero attached hydrogens (tertiary/aromatic N) is 1. The Morgan fingerprint density at radius 2 is 0.541 bits per heavy atom. The molecule has 2 N–H and O–H groups in total. The van der Waals surface area contributed by atoms with Gasteiger partial charge < -0.3 is 51.5 Å². The van der Waals surface area contributed by atoms with Crippen LogP contribution in [0.3, 0.4) is 0 Å². The number of rotatable bonds is 12. The zero-order valence-corrected chi connectivity index (χ0v) is 94.7. The van der Waals surface area contributed by atoms with E-state index in [0.717, 1.165) is 122 Å². The molecule has 0 bridgehead atoms. The van der Waals surface area contributed by atoms with Gasteiger partial charge in [0.05, 0.1) is 0 Å². The minimum Gasteiger partial charge on any atom is -0.507 e. The van der Waals surface area contributed by atoms with Gasteiger partial charge in [-0.1, -0.05) is 319 Å². The van der Waals surface area contributed by atoms with E-state index in [-0.39, 0.29) is 76.5 Å². The number of carbonyl (C=O) groups excluding carboxylic acids is 2. The van der Waals surface area contributed by atoms with Gasteiger partial charge in [-0.15, -0.1) is 0 Å². The van der Waals surface area contributed by atoms with E-state index in [1.54, 1.807) is 20.8 Å². The molecular formula is C116H171Cl2NO12P2. The number of benzene rings is 8. The molecule has 0 aliphatic heterocycles. The van der Waals surface area contributed by atoms with E-state index in [1.165, 1.54) is 30.8 Å². The van der Waals surface area contributed by atoms with Crippen LogP contribution in [0.25, 0.3) is 55.3 Å². The summed E-state index contributed by atoms with van der Waals surface area (Å²) < 4.78 is 51.6. The highest BCUT2D eigenvalue weighted by Gasteiger charge is 2.38. The number of halogens is 2. The molecule has 0 radical (unpaired) electrons. The minimum atomic E-state index is -2.14. The van der Waals surface area contributed by atoms with Gasteiger partial charge in [-0.3, -0.25) is 0 Å². The topological polar surface area (TPSA) is 160 Å². The molecule has 0 aliphatic rings. The third kappa shape index (κ3) is 30.2. The van der Waals surface area contributed by atoms with Crippen molar-refractivity contribution in [1.82, 2.24) is 4.90 Å². The Labute approximate surface area is 816 Å². The van der Waals surface area contributed by atoms with Crippen LogP contribution in [0.2, 0.25) is 0 Å². The smallest absolute Gasteiger partial charge is 0.507 e. The van der Waals surface area contributed by atoms with Gasteiger partial charge in [0.25, 0.3) is 6.85 Å². The summed E-state index contributed by atoms with van der Waals surface area (Å²) in [5, 5.41) is 24.7. The number of phenols is 2. The van der Waals surface area contributed by atoms with Crippen LogP contribution < -0.4 is 18.5 Å². The SMILES string of the molecule is CC(C)(C)c1cc(-c2cc(C(C)(C)C)cc(C(C)(C)C)c2O)c(O)c(C(C)(C)C)c1.CCN(CC)CC.Cc1cc(-c2cc(C)cc(C(C)(C)C)c2OP(Cl)Cl)c(OC(=O)OC(C)(C)C)c(C(C)(C)C)c1.Cc1cc(-c2cc(C)cc(C(C)(C)C)c2Op2oc3c(C(C)(C)C)cc(C(C)(C)C)cc3c3cc(C(C)(C)C)cc(C(C)(C)C)c3o2)c(OC(=O)OC(C)(C)C)c(C(C)(C)C)c1. The first-order chi connectivity index (χ1) is 59.7. The summed E-state index contributed by atoms with van der Waals surface area (Å²) in [4.78, 5) is 28.8. The molecule has 9 aromatic rings. The van der Waals surface area contributed by atoms with E-state index in [0.29, 0.717) is 34.1 Å². The molecule has 1 heterocycles. The van der Waals surface area contributed by atoms with E-state index in [2.05, 4.69) is 368 Å². The van der Waals surface area contributed by atoms with Gasteiger partial charge in [0, 0.05) is 88.7 Å². The first-order valence-corrected chi connectivity index (χ1v) is 51.8. The first-order valence-electron chi connectivity index (χ1n) is 47.7. The Balaban J connectivity index is 0.000000322. The lowest BCUT2D eigenvalue weighted by atomic mass is 9.75. The lowest BCUT2D eigenvalue weighted by molar-refractivity contribution is 0.0190. The molecule has 133 heavy (non-hydrogen) atoms. The zero-order chi connectivity index (χ0) is 102. The summed E-state index contributed by atoms with van der Waals surface area (Å²) >= 11 is 12.3. The van der Waals surface area contributed by atoms with Crippen LogP contribution in [0.4, 0.5) is 9.59 Å². The standard InChI is InChI=1S/C55H77O6P.C28H42O2.C27H37Cl2O4P.C6H15N/c1-32-24-36(44(40(26-32)51(9,10)11)57-48(56)58-55(21,22)23)37-25-33(2)27-41(52(12,13)14)45(37)59-62-60-46-38(28-34(49(3,4)5)30-42(46)53(15,16)17)39-29-35(50(6,7)8)31-43(47(39)61-62)54(18,19)20;1-25(2,3)17-13-19(23(29)21(15-17)27(7,8)9)20-14-18(26(4,5)6)16-22(24(20)30)28(10,11)12;1-16-12-18(19-13-17(2)15-21(26(6,7)8)23(19)33-34(28)29)22(20(14-16)25(3,4)5)31-24(30)32-27(9,10)11;1-4-7(5-2)6-3/h24-31H,1-23H3;13-16,29-30H,1-12H3;12-15H,1-11H3;4-6H2,1-3H3. The van der Waals surface area contributed by atoms with E-state index in [4.69, 9.17) is 58.9 Å². The molecule has 736 valence electrons. The molecule has 0 amide bonds. The van der Waals surface area contributed by atoms with Crippen LogP contribution in [0.5, 0.6) is 34.5 Å². The Morgan fingerprint density at radius 1 is 0.308 bits per heavy atom. The number of hydrogen-bond donors (Lipinski definition) is 2. The Morgan fingerprint density at radius 3 is 0.774 bits per heavy atom. The number of fused-ring (bicyclic) bond motifs is 3. The lowest BCUT2D eigenvalue weighted by Gasteiger charge is -2.30. The van der Waals surface area contributed by atoms with Gasteiger partial charge in [-0.2, -0.15) is 0 Å². The molecule has 0 saturated heterocycles. The molecule has 0 fully saturated rings. The van der Waals surface area contributed by atoms with E-state index >= 15 is 0 Å². The lowest BCUT2D eigenvalue weighted by Crippen LogP contribution is -2.27. The highest BCUT2D eigenvalue weighted by molar-refractivity contribution is 8.00. The maximum absolute atomic E-state index is 13.6. The number of hydrogen-bond acceptors (Lipinski definition) is 13. The summed E-state index contributed by atoms with van der Waals surface area (Å²) in [6, 6.07) is 34.2. The Kier molecular flexibility index (Phi) is 35.3. The van der Waals surface area contributed by atoms with Crippen molar-refractivity contribution in [1.29, 1.82) is 0 Å². The van der Waals surface area contributed by atoms with Crippen molar-refractivity contribution >= 4 is 71.8 Å². The highest BCUT2D eigenvalue weighted by Crippen LogP contribution is 2.58. The normalized spacial score (nSPS) is 13.1. The number of carbonyl (C=O) groups is 2. The van der Waals surface area contributed by atoms with E-state index in [1.807, 2.05) is 52.8 Å². The summed E-state index contributed by atoms with van der Waals surface area (Å²) in [5.41, 5.74) is 18.4. The maximum Gasteiger partial charge on any atom is 0.514 e. The molecule has 0 saturated carbocycles. The van der Waals surface area contributed by atoms with Gasteiger partial charge in [-0.05, 0) is 269 Å². The molecule has 0 aliphatic carbocycles. The van der Waals surface area contributed by atoms with Gasteiger partial charge >= 0.3 is 20.6 Å². The largest absolute Gasteiger partial charge is 0.514 e. The maximum atomic E-state index is 13.6. The average molecular weight is 1900 g/mol. The average Bonchev–Trinajstić information content (AvgIpc) is 1.64. The Bertz CT molecular complexity index is 5520. The number of ether oxygens (including phenoxy) is 4. The fourth-order valence-corrected chi connectivity index (χ4v) is 17.7. The van der Waals surface area contributed by atoms with E-state index in [9.17, 15) is 19.8 Å². The molecule has 8 aromatic carbocycles. The van der Waals surface area contributed by atoms with Gasteiger partial charge in [-0.25, -0.2) is 9.59 Å². The molecule has 1 aromatic heterocycles. The summed E-state index contributed by atoms with van der Waals surface area (Å²) in [6.45, 7) is 106. The van der Waals surface area contributed by atoms with Crippen LogP contribution in [-0.4, -0.2) is 58.3 Å². The van der Waals surface area contributed by atoms with E-state index < -0.39 is 38.6 Å². The second-order valence-corrected chi connectivity index (χ2v) is 54.9. The van der Waals surface area contributed by atoms with Crippen molar-refractivity contribution in [3.05, 3.63) is 186 Å². The number of aromatic hydroxyl groups is 2. The van der Waals surface area contributed by atoms with Crippen molar-refractivity contribution in [2.45, 2.75) is 415 Å². The molecule has 9 rings (SSSR count). The summed E-state index contributed by atoms with van der Waals surface area (Å²) in [7, 11) is -2.14. The summed E-state index contributed by atoms with van der Waals surface area (Å²) in [6.07, 6.45) is -1.52. The minimum absolute atomic E-state index is 0.0768. The predicted octanol–water partition coefficient (Wildman–Crippen LogP) is 36.8. The molecule has 0 spiro atoms. The third-order valence-corrected chi connectivity index (χ3v) is 25.3.